The summed E-state index contributed by atoms with van der Waals surface area (Å²) in [5.41, 5.74) is 7.19. The van der Waals surface area contributed by atoms with Crippen molar-refractivity contribution in [1.29, 1.82) is 0 Å². The van der Waals surface area contributed by atoms with Gasteiger partial charge >= 0.3 is 11.9 Å². The van der Waals surface area contributed by atoms with Gasteiger partial charge in [-0.05, 0) is 96.2 Å². The van der Waals surface area contributed by atoms with Gasteiger partial charge in [0, 0.05) is 116 Å². The van der Waals surface area contributed by atoms with Crippen molar-refractivity contribution in [2.75, 3.05) is 66.0 Å². The van der Waals surface area contributed by atoms with Crippen LogP contribution in [0.4, 0.5) is 13.2 Å². The number of ether oxygens (including phenoxy) is 1. The minimum absolute atomic E-state index is 0.0673. The number of nitrogens with two attached hydrogens (primary N) is 1. The molecule has 5 aromatic carbocycles. The molecule has 0 radical (unpaired) electrons. The molecule has 14 atom stereocenters. The number of aromatic nitrogens is 1. The lowest BCUT2D eigenvalue weighted by Crippen LogP contribution is -2.62. The van der Waals surface area contributed by atoms with Gasteiger partial charge in [0.05, 0.1) is 24.8 Å². The SMILES string of the molecule is CCCC[C@H]1C(=O)N2CCC[C@@H]2C(=O)N[C@@H](CC(=O)O)C(=O)N[C@@H](C(C)C)C(=O)N(C)[C@@H](Cc2ccccc2)C(=O)N[C@@H](CCC(=O)O)C(=O)N2C[C@H](O)C[C@@H]2C(=O)N[C@@H](Cc2c[nH]c3ccccc23)C(=O)N[C@@H](Cc2ccc(O)cc2)C(=O)N[C@@H](CCOC)C(=O)N[C@H](C(=O)NCC(N)=O)CSCC(=O)N[C@@H](Cc2cc(F)c(F)c(F)c2)C(=O)N(C)[C@@H](Cc2ccccc2)C(=O)N1C. The molecule has 3 aliphatic heterocycles. The van der Waals surface area contributed by atoms with E-state index in [2.05, 4.69) is 52.8 Å². The van der Waals surface area contributed by atoms with E-state index in [4.69, 9.17) is 10.5 Å². The number of carboxylic acids is 2. The fraction of sp³-hybridized carbons (Fsp3) is 0.467. The van der Waals surface area contributed by atoms with Gasteiger partial charge in [0.2, 0.25) is 88.6 Å². The maximum absolute atomic E-state index is 15.7. The number of phenols is 1. The van der Waals surface area contributed by atoms with Crippen molar-refractivity contribution in [1.82, 2.24) is 77.3 Å². The number of benzene rings is 5. The zero-order chi connectivity index (χ0) is 97.9. The van der Waals surface area contributed by atoms with Gasteiger partial charge in [-0.1, -0.05) is 125 Å². The van der Waals surface area contributed by atoms with Gasteiger partial charge in [0.15, 0.2) is 17.5 Å². The molecule has 15 amide bonds. The molecule has 0 spiro atoms. The second kappa shape index (κ2) is 49.3. The number of primary amides is 1. The van der Waals surface area contributed by atoms with Crippen LogP contribution in [0.5, 0.6) is 5.75 Å². The number of fused-ring (bicyclic) bond motifs is 3. The molecule has 3 fully saturated rings. The van der Waals surface area contributed by atoms with Crippen LogP contribution >= 0.6 is 11.8 Å². The van der Waals surface area contributed by atoms with E-state index in [1.165, 1.54) is 66.4 Å². The number of thioether (sulfide) groups is 1. The maximum atomic E-state index is 15.7. The number of aliphatic hydroxyl groups excluding tert-OH is 1. The summed E-state index contributed by atoms with van der Waals surface area (Å²) in [6.07, 6.45) is -4.92. The van der Waals surface area contributed by atoms with Crippen LogP contribution in [-0.2, 0) is 118 Å². The minimum Gasteiger partial charge on any atom is -0.508 e. The van der Waals surface area contributed by atoms with Crippen LogP contribution in [0.2, 0.25) is 0 Å². The van der Waals surface area contributed by atoms with Gasteiger partial charge in [0.25, 0.3) is 0 Å². The number of rotatable bonds is 25. The Morgan fingerprint density at radius 2 is 1.10 bits per heavy atom. The number of amides is 15. The van der Waals surface area contributed by atoms with E-state index in [0.717, 1.165) is 24.5 Å². The molecule has 0 unspecified atom stereocenters. The molecule has 1 aromatic heterocycles. The third-order valence-corrected chi connectivity index (χ3v) is 24.6. The van der Waals surface area contributed by atoms with E-state index in [0.29, 0.717) is 63.5 Å². The Bertz CT molecular complexity index is 5210. The number of para-hydroxylation sites is 1. The maximum Gasteiger partial charge on any atom is 0.305 e. The Kier molecular flexibility index (Phi) is 38.3. The quantitative estimate of drug-likeness (QED) is 0.0351. The molecule has 6 aromatic rings. The molecule has 42 heteroatoms. The lowest BCUT2D eigenvalue weighted by Gasteiger charge is -2.38. The first-order valence-corrected chi connectivity index (χ1v) is 45.0. The van der Waals surface area contributed by atoms with E-state index >= 15 is 51.9 Å². The number of aromatic hydroxyl groups is 1. The summed E-state index contributed by atoms with van der Waals surface area (Å²) in [4.78, 5) is 258. The second-order valence-corrected chi connectivity index (χ2v) is 34.8. The minimum atomic E-state index is -1.99. The first-order valence-electron chi connectivity index (χ1n) is 43.9. The van der Waals surface area contributed by atoms with E-state index in [1.807, 2.05) is 0 Å². The van der Waals surface area contributed by atoms with Crippen molar-refractivity contribution in [2.24, 2.45) is 11.7 Å². The van der Waals surface area contributed by atoms with Crippen LogP contribution in [0, 0.1) is 23.4 Å². The number of nitrogens with zero attached hydrogens (tertiary/aromatic N) is 5. The van der Waals surface area contributed by atoms with Crippen LogP contribution in [0.15, 0.2) is 128 Å². The summed E-state index contributed by atoms with van der Waals surface area (Å²) in [6, 6.07) is 7.37. The highest BCUT2D eigenvalue weighted by Crippen LogP contribution is 2.29. The first kappa shape index (κ1) is 104. The summed E-state index contributed by atoms with van der Waals surface area (Å²) in [5.74, 6) is -26.5. The predicted molar refractivity (Wildman–Crippen MR) is 480 cm³/mol. The van der Waals surface area contributed by atoms with Crippen molar-refractivity contribution < 1.29 is 120 Å². The number of aliphatic carboxylic acids is 2. The molecular weight excluding hydrogens is 1770 g/mol. The predicted octanol–water partition coefficient (Wildman–Crippen LogP) is 0.687. The van der Waals surface area contributed by atoms with Gasteiger partial charge < -0.3 is 108 Å². The molecule has 0 aliphatic carbocycles. The molecule has 9 rings (SSSR count). The number of nitrogens with one attached hydrogen (secondary N) is 10. The average molecular weight is 1890 g/mol. The van der Waals surface area contributed by atoms with Crippen LogP contribution in [0.3, 0.4) is 0 Å². The molecule has 3 saturated heterocycles. The number of hydrogen-bond donors (Lipinski definition) is 15. The number of phenolic OH excluding ortho intramolecular Hbond substituents is 1. The zero-order valence-electron chi connectivity index (χ0n) is 75.1. The number of carbonyl (C=O) groups is 17. The van der Waals surface area contributed by atoms with Gasteiger partial charge in [-0.3, -0.25) is 81.5 Å². The summed E-state index contributed by atoms with van der Waals surface area (Å²) in [7, 11) is 4.90. The van der Waals surface area contributed by atoms with Crippen molar-refractivity contribution in [3.8, 4) is 5.75 Å². The van der Waals surface area contributed by atoms with E-state index in [-0.39, 0.29) is 75.8 Å². The topological polar surface area (TPSA) is 547 Å². The largest absolute Gasteiger partial charge is 0.508 e. The average Bonchev–Trinajstić information content (AvgIpc) is 1.58. The number of aliphatic hydroxyl groups is 1. The number of H-pyrrole nitrogens is 1. The van der Waals surface area contributed by atoms with Gasteiger partial charge in [0.1, 0.15) is 84.3 Å². The summed E-state index contributed by atoms with van der Waals surface area (Å²) >= 11 is 0.634. The number of aromatic amines is 1. The Morgan fingerprint density at radius 1 is 0.552 bits per heavy atom. The number of unbranched alkanes of at least 4 members (excludes halogenated alkanes) is 1. The van der Waals surface area contributed by atoms with Crippen molar-refractivity contribution in [2.45, 2.75) is 202 Å². The number of likely N-dealkylation sites (N-methyl/N-ethyl adjacent to an activating group) is 3. The van der Waals surface area contributed by atoms with Gasteiger partial charge in [-0.25, -0.2) is 13.2 Å². The number of carbonyl (C=O) groups excluding carboxylic acids is 15. The van der Waals surface area contributed by atoms with Crippen molar-refractivity contribution in [3.05, 3.63) is 173 Å². The van der Waals surface area contributed by atoms with Crippen LogP contribution in [-0.4, -0.2) is 301 Å². The molecule has 722 valence electrons. The second-order valence-electron chi connectivity index (χ2n) is 33.7. The van der Waals surface area contributed by atoms with Crippen molar-refractivity contribution >= 4 is 123 Å². The third kappa shape index (κ3) is 28.8. The normalized spacial score (nSPS) is 24.0. The highest BCUT2D eigenvalue weighted by molar-refractivity contribution is 8.00. The fourth-order valence-corrected chi connectivity index (χ4v) is 17.1. The van der Waals surface area contributed by atoms with Crippen molar-refractivity contribution in [3.63, 3.8) is 0 Å². The van der Waals surface area contributed by atoms with E-state index in [9.17, 15) is 63.2 Å². The van der Waals surface area contributed by atoms with E-state index in [1.54, 1.807) is 98.0 Å². The molecule has 134 heavy (non-hydrogen) atoms. The highest BCUT2D eigenvalue weighted by atomic mass is 32.2. The highest BCUT2D eigenvalue weighted by Gasteiger charge is 2.47. The number of methoxy groups -OCH3 is 1. The first-order chi connectivity index (χ1) is 63.7. The Balaban J connectivity index is 1.14. The molecule has 0 bridgehead atoms. The molecule has 16 N–H and O–H groups in total. The van der Waals surface area contributed by atoms with Gasteiger partial charge in [-0.2, -0.15) is 0 Å². The molecule has 0 saturated carbocycles. The monoisotopic (exact) mass is 1880 g/mol. The number of hydrogen-bond acceptors (Lipinski definition) is 21. The Hall–Kier alpha value is -13.5. The number of halogens is 3. The fourth-order valence-electron chi connectivity index (χ4n) is 16.3. The lowest BCUT2D eigenvalue weighted by atomic mass is 9.98. The zero-order valence-corrected chi connectivity index (χ0v) is 75.9. The standard InChI is InChI=1S/C92H115F3N16O22S/c1-8-9-25-70-91(131)110-34-18-26-69(110)85(125)104-66(44-77(118)119)84(124)106-79(50(2)3)92(132)108(5)71(40-51-19-12-10-13-20-51)86(126)101-63(31-32-76(116)117)89(129)111-47-57(113)43-72(111)87(127)103-65(42-55-45-97-61-24-17-16-23-58(55)61)83(123)102-64(38-53-27-29-56(112)30-28-53)82(122)100-62(33-35-133-7)81(121)105-68(80(120)98-46-74(96)114)48-134-49-75(115)99-67(39-54-36-59(93)78(95)60(94)37-54)88(128)109(6)73(90(130)107(70)4)41-52-21-14-11-15-22-52/h10-17,19-24,27-30,36-37,45,50,57,62-73,79,97,112-113H,8-9,18,25-26,31-35,38-44,46-49H2,1-7H3,(H2,96,114)(H,98,120)(H,99,115)(H,100,122)(H,101,126)(H,102,123)(H,103,127)(H,104,125)(H,105,121)(H,106,124)(H,116,117)(H,118,119)/t57-,62+,63+,64+,65+,66+,67+,68+,69-,70+,71+,72-,73+,79+/m1/s1. The van der Waals surface area contributed by atoms with Crippen LogP contribution in [0.25, 0.3) is 10.9 Å². The molecular formula is C92H115F3N16O22S. The molecule has 3 aliphatic rings. The van der Waals surface area contributed by atoms with Crippen LogP contribution < -0.4 is 53.6 Å². The molecule has 4 heterocycles. The van der Waals surface area contributed by atoms with E-state index < -0.39 is 272 Å². The van der Waals surface area contributed by atoms with Crippen LogP contribution in [0.1, 0.15) is 113 Å². The summed E-state index contributed by atoms with van der Waals surface area (Å²) in [6.45, 7) is 2.97. The third-order valence-electron chi connectivity index (χ3n) is 23.6. The smallest absolute Gasteiger partial charge is 0.305 e. The molecule has 38 nitrogen and oxygen atoms in total. The lowest BCUT2D eigenvalue weighted by molar-refractivity contribution is -0.152. The number of carboxylic acid groups (broad SMARTS) is 2. The van der Waals surface area contributed by atoms with Gasteiger partial charge in [-0.15, -0.1) is 11.8 Å². The Morgan fingerprint density at radius 3 is 1.72 bits per heavy atom. The Labute approximate surface area is 774 Å². The summed E-state index contributed by atoms with van der Waals surface area (Å²) < 4.78 is 50.4. The summed E-state index contributed by atoms with van der Waals surface area (Å²) in [5, 5.41) is 65.8.